The lowest BCUT2D eigenvalue weighted by Gasteiger charge is -2.13. The van der Waals surface area contributed by atoms with Gasteiger partial charge in [0.25, 0.3) is 0 Å². The van der Waals surface area contributed by atoms with E-state index in [1.807, 2.05) is 65.9 Å². The molecule has 0 atom stereocenters. The molecule has 0 radical (unpaired) electrons. The third kappa shape index (κ3) is 2.44. The van der Waals surface area contributed by atoms with Crippen LogP contribution in [0.15, 0.2) is 36.4 Å². The number of aromatic nitrogens is 2. The third-order valence-corrected chi connectivity index (χ3v) is 4.17. The van der Waals surface area contributed by atoms with Crippen LogP contribution < -0.4 is 10.6 Å². The van der Waals surface area contributed by atoms with E-state index in [0.29, 0.717) is 20.6 Å². The van der Waals surface area contributed by atoms with Crippen LogP contribution in [0.2, 0.25) is 0 Å². The highest BCUT2D eigenvalue weighted by molar-refractivity contribution is 14.1. The van der Waals surface area contributed by atoms with E-state index in [0.717, 1.165) is 11.4 Å². The van der Waals surface area contributed by atoms with Gasteiger partial charge in [-0.2, -0.15) is 0 Å². The second kappa shape index (κ2) is 5.18. The predicted molar refractivity (Wildman–Crippen MR) is 92.5 cm³/mol. The minimum absolute atomic E-state index is 0.269. The number of anilines is 2. The van der Waals surface area contributed by atoms with Crippen LogP contribution in [0, 0.1) is 9.39 Å². The van der Waals surface area contributed by atoms with E-state index in [4.69, 9.17) is 5.73 Å². The summed E-state index contributed by atoms with van der Waals surface area (Å²) in [7, 11) is 3.96. The average Bonchev–Trinajstić information content (AvgIpc) is 2.75. The molecule has 2 aromatic carbocycles. The summed E-state index contributed by atoms with van der Waals surface area (Å²) in [6, 6.07) is 11.0. The van der Waals surface area contributed by atoms with E-state index in [2.05, 4.69) is 4.98 Å². The molecule has 3 aromatic rings. The maximum atomic E-state index is 13.8. The van der Waals surface area contributed by atoms with Crippen LogP contribution in [-0.2, 0) is 0 Å². The van der Waals surface area contributed by atoms with Crippen molar-refractivity contribution in [2.24, 2.45) is 0 Å². The molecule has 21 heavy (non-hydrogen) atoms. The van der Waals surface area contributed by atoms with Crippen molar-refractivity contribution in [1.29, 1.82) is 0 Å². The smallest absolute Gasteiger partial charge is 0.205 e. The van der Waals surface area contributed by atoms with Gasteiger partial charge in [0, 0.05) is 31.5 Å². The van der Waals surface area contributed by atoms with Gasteiger partial charge in [-0.05, 0) is 52.9 Å². The topological polar surface area (TPSA) is 47.1 Å². The Morgan fingerprint density at radius 1 is 1.19 bits per heavy atom. The quantitative estimate of drug-likeness (QED) is 0.676. The van der Waals surface area contributed by atoms with Crippen molar-refractivity contribution in [2.75, 3.05) is 24.7 Å². The van der Waals surface area contributed by atoms with Crippen LogP contribution in [0.4, 0.5) is 16.0 Å². The lowest BCUT2D eigenvalue weighted by Crippen LogP contribution is -2.08. The van der Waals surface area contributed by atoms with Crippen molar-refractivity contribution in [3.63, 3.8) is 0 Å². The first-order valence-corrected chi connectivity index (χ1v) is 7.46. The summed E-state index contributed by atoms with van der Waals surface area (Å²) in [4.78, 5) is 6.32. The summed E-state index contributed by atoms with van der Waals surface area (Å²) < 4.78 is 16.1. The molecule has 0 aliphatic carbocycles. The van der Waals surface area contributed by atoms with E-state index < -0.39 is 0 Å². The van der Waals surface area contributed by atoms with Gasteiger partial charge in [0.05, 0.1) is 14.6 Å². The van der Waals surface area contributed by atoms with Gasteiger partial charge < -0.3 is 10.6 Å². The minimum Gasteiger partial charge on any atom is -0.378 e. The molecule has 0 saturated carbocycles. The van der Waals surface area contributed by atoms with Gasteiger partial charge in [-0.15, -0.1) is 0 Å². The Morgan fingerprint density at radius 2 is 1.86 bits per heavy atom. The molecule has 0 unspecified atom stereocenters. The highest BCUT2D eigenvalue weighted by Crippen LogP contribution is 2.27. The highest BCUT2D eigenvalue weighted by Gasteiger charge is 2.13. The van der Waals surface area contributed by atoms with Crippen molar-refractivity contribution < 1.29 is 4.39 Å². The molecular formula is C15H14FIN4. The first-order valence-electron chi connectivity index (χ1n) is 6.38. The Kier molecular flexibility index (Phi) is 3.48. The molecule has 0 saturated heterocycles. The van der Waals surface area contributed by atoms with E-state index in [1.54, 1.807) is 10.6 Å². The van der Waals surface area contributed by atoms with Gasteiger partial charge in [0.1, 0.15) is 5.82 Å². The number of hydrogen-bond donors (Lipinski definition) is 1. The SMILES string of the molecule is CN(C)c1ccc(-n2c(N)nc3cc(I)c(F)cc32)cc1. The standard InChI is InChI=1S/C15H14FIN4/c1-20(2)9-3-5-10(6-4-9)21-14-7-11(16)12(17)8-13(14)19-15(21)18/h3-8H,1-2H3,(H2,18,19). The van der Waals surface area contributed by atoms with Crippen LogP contribution in [0.1, 0.15) is 0 Å². The number of fused-ring (bicyclic) bond motifs is 1. The molecule has 3 rings (SSSR count). The van der Waals surface area contributed by atoms with Crippen molar-refractivity contribution in [3.8, 4) is 5.69 Å². The van der Waals surface area contributed by atoms with Crippen molar-refractivity contribution in [1.82, 2.24) is 9.55 Å². The first kappa shape index (κ1) is 14.1. The van der Waals surface area contributed by atoms with E-state index in [-0.39, 0.29) is 5.82 Å². The van der Waals surface area contributed by atoms with Gasteiger partial charge in [0.2, 0.25) is 5.95 Å². The largest absolute Gasteiger partial charge is 0.378 e. The van der Waals surface area contributed by atoms with Crippen LogP contribution in [0.3, 0.4) is 0 Å². The van der Waals surface area contributed by atoms with Gasteiger partial charge in [-0.1, -0.05) is 0 Å². The van der Waals surface area contributed by atoms with Crippen molar-refractivity contribution in [2.45, 2.75) is 0 Å². The molecule has 0 fully saturated rings. The van der Waals surface area contributed by atoms with Gasteiger partial charge in [-0.25, -0.2) is 9.37 Å². The highest BCUT2D eigenvalue weighted by atomic mass is 127. The van der Waals surface area contributed by atoms with E-state index in [1.165, 1.54) is 6.07 Å². The van der Waals surface area contributed by atoms with Gasteiger partial charge in [0.15, 0.2) is 0 Å². The summed E-state index contributed by atoms with van der Waals surface area (Å²) >= 11 is 1.95. The molecule has 4 nitrogen and oxygen atoms in total. The normalized spacial score (nSPS) is 11.0. The van der Waals surface area contributed by atoms with E-state index in [9.17, 15) is 4.39 Å². The lowest BCUT2D eigenvalue weighted by molar-refractivity contribution is 0.622. The Morgan fingerprint density at radius 3 is 2.48 bits per heavy atom. The Labute approximate surface area is 135 Å². The third-order valence-electron chi connectivity index (χ3n) is 3.35. The van der Waals surface area contributed by atoms with E-state index >= 15 is 0 Å². The first-order chi connectivity index (χ1) is 9.97. The number of halogens is 2. The number of imidazole rings is 1. The summed E-state index contributed by atoms with van der Waals surface area (Å²) in [5, 5.41) is 0. The molecule has 0 amide bonds. The zero-order valence-corrected chi connectivity index (χ0v) is 13.8. The van der Waals surface area contributed by atoms with Crippen molar-refractivity contribution in [3.05, 3.63) is 45.8 Å². The van der Waals surface area contributed by atoms with Crippen LogP contribution in [-0.4, -0.2) is 23.6 Å². The molecule has 0 aliphatic rings. The fourth-order valence-corrected chi connectivity index (χ4v) is 2.71. The predicted octanol–water partition coefficient (Wildman–Crippen LogP) is 3.42. The number of nitrogens with two attached hydrogens (primary N) is 1. The zero-order valence-electron chi connectivity index (χ0n) is 11.6. The van der Waals surface area contributed by atoms with Crippen LogP contribution in [0.25, 0.3) is 16.7 Å². The molecule has 0 aliphatic heterocycles. The number of benzene rings is 2. The Hall–Kier alpha value is -1.83. The second-order valence-electron chi connectivity index (χ2n) is 4.97. The number of nitrogen functional groups attached to an aromatic ring is 1. The molecule has 1 aromatic heterocycles. The fourth-order valence-electron chi connectivity index (χ4n) is 2.26. The molecule has 6 heteroatoms. The monoisotopic (exact) mass is 396 g/mol. The molecular weight excluding hydrogens is 382 g/mol. The maximum Gasteiger partial charge on any atom is 0.205 e. The average molecular weight is 396 g/mol. The summed E-state index contributed by atoms with van der Waals surface area (Å²) in [5.74, 6) is 0.0816. The zero-order chi connectivity index (χ0) is 15.1. The molecule has 108 valence electrons. The fraction of sp³-hybridized carbons (Fsp3) is 0.133. The number of hydrogen-bond acceptors (Lipinski definition) is 3. The molecule has 0 bridgehead atoms. The molecule has 1 heterocycles. The van der Waals surface area contributed by atoms with Crippen molar-refractivity contribution >= 4 is 45.3 Å². The van der Waals surface area contributed by atoms with Gasteiger partial charge >= 0.3 is 0 Å². The number of nitrogens with zero attached hydrogens (tertiary/aromatic N) is 3. The van der Waals surface area contributed by atoms with Gasteiger partial charge in [-0.3, -0.25) is 4.57 Å². The second-order valence-corrected chi connectivity index (χ2v) is 6.13. The summed E-state index contributed by atoms with van der Waals surface area (Å²) in [6.07, 6.45) is 0. The Bertz CT molecular complexity index is 809. The number of rotatable bonds is 2. The van der Waals surface area contributed by atoms with Crippen LogP contribution in [0.5, 0.6) is 0 Å². The molecule has 0 spiro atoms. The molecule has 2 N–H and O–H groups in total. The lowest BCUT2D eigenvalue weighted by atomic mass is 10.2. The maximum absolute atomic E-state index is 13.8. The minimum atomic E-state index is -0.269. The summed E-state index contributed by atoms with van der Waals surface area (Å²) in [5.41, 5.74) is 9.31. The van der Waals surface area contributed by atoms with Crippen LogP contribution >= 0.6 is 22.6 Å². The Balaban J connectivity index is 2.19. The summed E-state index contributed by atoms with van der Waals surface area (Å²) in [6.45, 7) is 0.